The van der Waals surface area contributed by atoms with E-state index in [1.54, 1.807) is 14.0 Å². The molecule has 0 saturated heterocycles. The molecule has 26 heavy (non-hydrogen) atoms. The Labute approximate surface area is 154 Å². The minimum atomic E-state index is -0.481. The first-order chi connectivity index (χ1) is 12.3. The Morgan fingerprint density at radius 3 is 2.65 bits per heavy atom. The number of aromatic hydroxyl groups is 1. The van der Waals surface area contributed by atoms with Crippen LogP contribution in [-0.2, 0) is 12.8 Å². The Morgan fingerprint density at radius 2 is 2.04 bits per heavy atom. The van der Waals surface area contributed by atoms with Gasteiger partial charge in [0.25, 0.3) is 0 Å². The predicted octanol–water partition coefficient (Wildman–Crippen LogP) is 4.78. The number of nitrogens with one attached hydrogen (secondary N) is 1. The summed E-state index contributed by atoms with van der Waals surface area (Å²) < 4.78 is 5.48. The van der Waals surface area contributed by atoms with E-state index in [0.29, 0.717) is 12.2 Å². The Bertz CT molecular complexity index is 992. The van der Waals surface area contributed by atoms with Crippen LogP contribution in [0.1, 0.15) is 37.5 Å². The normalized spacial score (nSPS) is 12.5. The van der Waals surface area contributed by atoms with E-state index in [0.717, 1.165) is 39.4 Å². The molecule has 0 spiro atoms. The van der Waals surface area contributed by atoms with Crippen LogP contribution in [0.25, 0.3) is 21.8 Å². The van der Waals surface area contributed by atoms with Gasteiger partial charge in [-0.15, -0.1) is 0 Å². The molecule has 0 fully saturated rings. The molecule has 3 rings (SSSR count). The van der Waals surface area contributed by atoms with Crippen LogP contribution in [0.5, 0.6) is 11.5 Å². The average molecular weight is 353 g/mol. The number of rotatable bonds is 5. The quantitative estimate of drug-likeness (QED) is 0.579. The van der Waals surface area contributed by atoms with Gasteiger partial charge in [-0.1, -0.05) is 17.7 Å². The number of phenolic OH excluding ortho intramolecular Hbond substituents is 1. The number of aliphatic hydroxyl groups is 1. The molecule has 0 aliphatic carbocycles. The van der Waals surface area contributed by atoms with Crippen molar-refractivity contribution in [3.8, 4) is 11.5 Å². The van der Waals surface area contributed by atoms with Gasteiger partial charge in [0.15, 0.2) is 11.5 Å². The summed E-state index contributed by atoms with van der Waals surface area (Å²) in [6, 6.07) is 6.28. The largest absolute Gasteiger partial charge is 0.504 e. The molecule has 0 unspecified atom stereocenters. The van der Waals surface area contributed by atoms with Crippen LogP contribution in [0.4, 0.5) is 0 Å². The Hall–Kier alpha value is -2.46. The second-order valence-electron chi connectivity index (χ2n) is 7.28. The molecular weight excluding hydrogens is 326 g/mol. The summed E-state index contributed by atoms with van der Waals surface area (Å²) in [6.07, 6.45) is 3.07. The second kappa shape index (κ2) is 7.04. The van der Waals surface area contributed by atoms with Crippen LogP contribution in [0.3, 0.4) is 0 Å². The zero-order valence-corrected chi connectivity index (χ0v) is 16.1. The van der Waals surface area contributed by atoms with Crippen molar-refractivity contribution < 1.29 is 14.9 Å². The summed E-state index contributed by atoms with van der Waals surface area (Å²) >= 11 is 0. The summed E-state index contributed by atoms with van der Waals surface area (Å²) in [6.45, 7) is 7.87. The summed E-state index contributed by atoms with van der Waals surface area (Å²) in [5, 5.41) is 22.5. The van der Waals surface area contributed by atoms with Gasteiger partial charge in [-0.3, -0.25) is 0 Å². The molecule has 1 aromatic heterocycles. The van der Waals surface area contributed by atoms with Gasteiger partial charge >= 0.3 is 0 Å². The highest BCUT2D eigenvalue weighted by molar-refractivity contribution is 6.13. The molecule has 4 nitrogen and oxygen atoms in total. The van der Waals surface area contributed by atoms with Gasteiger partial charge in [0, 0.05) is 22.9 Å². The number of benzene rings is 2. The third-order valence-electron chi connectivity index (χ3n) is 4.86. The molecule has 1 heterocycles. The van der Waals surface area contributed by atoms with Gasteiger partial charge in [-0.2, -0.15) is 0 Å². The molecule has 0 aliphatic heterocycles. The minimum absolute atomic E-state index is 0.153. The number of allylic oxidation sites excluding steroid dienone is 2. The van der Waals surface area contributed by atoms with Crippen LogP contribution in [0, 0.1) is 6.92 Å². The zero-order valence-electron chi connectivity index (χ0n) is 16.1. The molecule has 0 amide bonds. The van der Waals surface area contributed by atoms with Gasteiger partial charge in [0.2, 0.25) is 0 Å². The molecule has 4 heteroatoms. The topological polar surface area (TPSA) is 65.5 Å². The fraction of sp³-hybridized carbons (Fsp3) is 0.364. The fourth-order valence-corrected chi connectivity index (χ4v) is 3.58. The lowest BCUT2D eigenvalue weighted by Crippen LogP contribution is -2.07. The van der Waals surface area contributed by atoms with E-state index in [2.05, 4.69) is 43.1 Å². The lowest BCUT2D eigenvalue weighted by molar-refractivity contribution is 0.195. The van der Waals surface area contributed by atoms with E-state index in [4.69, 9.17) is 4.74 Å². The molecule has 2 aromatic carbocycles. The van der Waals surface area contributed by atoms with E-state index >= 15 is 0 Å². The summed E-state index contributed by atoms with van der Waals surface area (Å²) in [5.74, 6) is 0.628. The lowest BCUT2D eigenvalue weighted by Gasteiger charge is -2.15. The summed E-state index contributed by atoms with van der Waals surface area (Å²) in [5.41, 5.74) is 6.15. The SMILES string of the molecule is COc1c(C)c(C[C@@H](C)O)c2[nH]c3ccc(CC=C(C)C)cc3c2c1O. The number of hydrogen-bond acceptors (Lipinski definition) is 3. The monoisotopic (exact) mass is 353 g/mol. The van der Waals surface area contributed by atoms with Crippen molar-refractivity contribution >= 4 is 21.8 Å². The molecule has 0 saturated carbocycles. The van der Waals surface area contributed by atoms with E-state index in [1.807, 2.05) is 6.92 Å². The summed E-state index contributed by atoms with van der Waals surface area (Å²) in [7, 11) is 1.56. The van der Waals surface area contributed by atoms with Crippen molar-refractivity contribution in [2.24, 2.45) is 0 Å². The van der Waals surface area contributed by atoms with E-state index in [9.17, 15) is 10.2 Å². The maximum atomic E-state index is 10.9. The molecule has 1 atom stereocenters. The van der Waals surface area contributed by atoms with Crippen molar-refractivity contribution in [2.75, 3.05) is 7.11 Å². The standard InChI is InChI=1S/C22H27NO3/c1-12(2)6-7-15-8-9-18-17(11-15)19-20(23-18)16(10-13(3)24)14(4)22(26-5)21(19)25/h6,8-9,11,13,23-25H,7,10H2,1-5H3/t13-/m1/s1. The smallest absolute Gasteiger partial charge is 0.168 e. The number of hydrogen-bond donors (Lipinski definition) is 3. The van der Waals surface area contributed by atoms with Crippen molar-refractivity contribution in [3.63, 3.8) is 0 Å². The molecule has 0 bridgehead atoms. The van der Waals surface area contributed by atoms with Gasteiger partial charge in [-0.25, -0.2) is 0 Å². The molecule has 138 valence electrons. The lowest BCUT2D eigenvalue weighted by atomic mass is 9.96. The van der Waals surface area contributed by atoms with Gasteiger partial charge in [0.05, 0.1) is 24.1 Å². The van der Waals surface area contributed by atoms with Gasteiger partial charge in [0.1, 0.15) is 0 Å². The molecule has 3 aromatic rings. The highest BCUT2D eigenvalue weighted by Gasteiger charge is 2.21. The second-order valence-corrected chi connectivity index (χ2v) is 7.28. The molecule has 3 N–H and O–H groups in total. The molecule has 0 radical (unpaired) electrons. The first-order valence-electron chi connectivity index (χ1n) is 8.97. The van der Waals surface area contributed by atoms with E-state index in [1.165, 1.54) is 11.1 Å². The summed E-state index contributed by atoms with van der Waals surface area (Å²) in [4.78, 5) is 3.43. The van der Waals surface area contributed by atoms with Gasteiger partial charge < -0.3 is 19.9 Å². The van der Waals surface area contributed by atoms with Crippen molar-refractivity contribution in [3.05, 3.63) is 46.5 Å². The highest BCUT2D eigenvalue weighted by atomic mass is 16.5. The highest BCUT2D eigenvalue weighted by Crippen LogP contribution is 2.44. The number of methoxy groups -OCH3 is 1. The number of aromatic nitrogens is 1. The number of phenols is 1. The van der Waals surface area contributed by atoms with Crippen LogP contribution >= 0.6 is 0 Å². The van der Waals surface area contributed by atoms with Crippen LogP contribution in [0.15, 0.2) is 29.8 Å². The average Bonchev–Trinajstić information content (AvgIpc) is 2.95. The number of H-pyrrole nitrogens is 1. The van der Waals surface area contributed by atoms with Gasteiger partial charge in [-0.05, 0) is 57.4 Å². The van der Waals surface area contributed by atoms with Crippen molar-refractivity contribution in [1.82, 2.24) is 4.98 Å². The molecule has 0 aliphatic rings. The maximum absolute atomic E-state index is 10.9. The van der Waals surface area contributed by atoms with Crippen LogP contribution in [0.2, 0.25) is 0 Å². The Balaban J connectivity index is 2.32. The van der Waals surface area contributed by atoms with Crippen molar-refractivity contribution in [2.45, 2.75) is 46.6 Å². The first kappa shape index (κ1) is 18.3. The van der Waals surface area contributed by atoms with Crippen LogP contribution < -0.4 is 4.74 Å². The minimum Gasteiger partial charge on any atom is -0.504 e. The fourth-order valence-electron chi connectivity index (χ4n) is 3.58. The number of aromatic amines is 1. The Morgan fingerprint density at radius 1 is 1.31 bits per heavy atom. The van der Waals surface area contributed by atoms with E-state index in [-0.39, 0.29) is 5.75 Å². The number of aliphatic hydroxyl groups excluding tert-OH is 1. The molecular formula is C22H27NO3. The van der Waals surface area contributed by atoms with E-state index < -0.39 is 6.10 Å². The third kappa shape index (κ3) is 3.17. The number of ether oxygens (including phenoxy) is 1. The first-order valence-corrected chi connectivity index (χ1v) is 8.97. The Kier molecular flexibility index (Phi) is 4.97. The number of fused-ring (bicyclic) bond motifs is 3. The third-order valence-corrected chi connectivity index (χ3v) is 4.86. The zero-order chi connectivity index (χ0) is 19.0. The van der Waals surface area contributed by atoms with Crippen LogP contribution in [-0.4, -0.2) is 28.4 Å². The predicted molar refractivity (Wildman–Crippen MR) is 107 cm³/mol. The van der Waals surface area contributed by atoms with Crippen molar-refractivity contribution in [1.29, 1.82) is 0 Å². The maximum Gasteiger partial charge on any atom is 0.168 e.